The molecule has 1 aliphatic heterocycles. The number of rotatable bonds is 5. The number of carbonyl (C=O) groups excluding carboxylic acids is 1. The number of benzene rings is 2. The Hall–Kier alpha value is -3.02. The molecule has 9 heteroatoms. The minimum Gasteiger partial charge on any atom is -0.478 e. The first-order chi connectivity index (χ1) is 12.9. The molecule has 136 valence electrons. The number of thioether (sulfide) groups is 1. The quantitative estimate of drug-likeness (QED) is 0.321. The second kappa shape index (κ2) is 7.70. The van der Waals surface area contributed by atoms with E-state index < -0.39 is 17.3 Å². The lowest BCUT2D eigenvalue weighted by Gasteiger charge is -2.14. The van der Waals surface area contributed by atoms with Gasteiger partial charge in [-0.25, -0.2) is 0 Å². The molecule has 0 spiro atoms. The van der Waals surface area contributed by atoms with Gasteiger partial charge in [-0.2, -0.15) is 5.26 Å². The SMILES string of the molecule is CN1/C(=C(/C#N)C(=O)COc2ccc(Cl)cc2[N+](=O)[O-])Sc2ccccc21. The third-order valence-corrected chi connectivity index (χ3v) is 5.29. The number of Topliss-reactive ketones (excluding diaryl/α,β-unsaturated/α-hetero) is 1. The maximum absolute atomic E-state index is 12.5. The van der Waals surface area contributed by atoms with Gasteiger partial charge in [0.1, 0.15) is 16.7 Å². The average Bonchev–Trinajstić information content (AvgIpc) is 2.98. The van der Waals surface area contributed by atoms with Crippen LogP contribution in [-0.2, 0) is 4.79 Å². The van der Waals surface area contributed by atoms with Gasteiger partial charge in [0.25, 0.3) is 0 Å². The Morgan fingerprint density at radius 3 is 2.78 bits per heavy atom. The summed E-state index contributed by atoms with van der Waals surface area (Å²) >= 11 is 7.08. The summed E-state index contributed by atoms with van der Waals surface area (Å²) in [5.74, 6) is -0.653. The zero-order chi connectivity index (χ0) is 19.6. The number of nitro benzene ring substituents is 1. The Balaban J connectivity index is 1.82. The van der Waals surface area contributed by atoms with Crippen molar-refractivity contribution in [1.82, 2.24) is 0 Å². The van der Waals surface area contributed by atoms with Crippen molar-refractivity contribution < 1.29 is 14.5 Å². The number of nitriles is 1. The summed E-state index contributed by atoms with van der Waals surface area (Å²) in [7, 11) is 1.77. The lowest BCUT2D eigenvalue weighted by molar-refractivity contribution is -0.385. The second-order valence-electron chi connectivity index (χ2n) is 5.50. The van der Waals surface area contributed by atoms with E-state index in [4.69, 9.17) is 16.3 Å². The van der Waals surface area contributed by atoms with Crippen LogP contribution in [0.5, 0.6) is 5.75 Å². The Kier molecular flexibility index (Phi) is 5.35. The maximum atomic E-state index is 12.5. The fraction of sp³-hybridized carbons (Fsp3) is 0.111. The topological polar surface area (TPSA) is 96.5 Å². The molecular weight excluding hydrogens is 390 g/mol. The van der Waals surface area contributed by atoms with Crippen molar-refractivity contribution in [3.8, 4) is 11.8 Å². The number of halogens is 1. The summed E-state index contributed by atoms with van der Waals surface area (Å²) in [6.07, 6.45) is 0. The Morgan fingerprint density at radius 1 is 1.37 bits per heavy atom. The summed E-state index contributed by atoms with van der Waals surface area (Å²) in [6, 6.07) is 13.3. The molecule has 2 aromatic carbocycles. The van der Waals surface area contributed by atoms with Crippen LogP contribution in [0.4, 0.5) is 11.4 Å². The maximum Gasteiger partial charge on any atom is 0.312 e. The van der Waals surface area contributed by atoms with E-state index in [1.54, 1.807) is 11.9 Å². The van der Waals surface area contributed by atoms with Gasteiger partial charge >= 0.3 is 5.69 Å². The highest BCUT2D eigenvalue weighted by molar-refractivity contribution is 8.03. The molecule has 0 atom stereocenters. The van der Waals surface area contributed by atoms with Crippen LogP contribution >= 0.6 is 23.4 Å². The number of nitro groups is 1. The molecule has 0 fully saturated rings. The summed E-state index contributed by atoms with van der Waals surface area (Å²) < 4.78 is 5.31. The summed E-state index contributed by atoms with van der Waals surface area (Å²) in [5, 5.41) is 21.3. The second-order valence-corrected chi connectivity index (χ2v) is 6.97. The monoisotopic (exact) mass is 401 g/mol. The largest absolute Gasteiger partial charge is 0.478 e. The molecule has 7 nitrogen and oxygen atoms in total. The van der Waals surface area contributed by atoms with Gasteiger partial charge in [-0.05, 0) is 24.3 Å². The minimum absolute atomic E-state index is 0.0599. The van der Waals surface area contributed by atoms with Crippen molar-refractivity contribution in [2.75, 3.05) is 18.6 Å². The van der Waals surface area contributed by atoms with Crippen molar-refractivity contribution in [3.63, 3.8) is 0 Å². The molecule has 0 unspecified atom stereocenters. The number of hydrogen-bond acceptors (Lipinski definition) is 7. The van der Waals surface area contributed by atoms with Gasteiger partial charge in [-0.15, -0.1) is 0 Å². The number of fused-ring (bicyclic) bond motifs is 1. The number of para-hydroxylation sites is 1. The molecule has 0 aromatic heterocycles. The zero-order valence-electron chi connectivity index (χ0n) is 14.0. The van der Waals surface area contributed by atoms with Gasteiger partial charge in [-0.1, -0.05) is 35.5 Å². The molecule has 2 aromatic rings. The highest BCUT2D eigenvalue weighted by Gasteiger charge is 2.28. The predicted octanol–water partition coefficient (Wildman–Crippen LogP) is 4.17. The first-order valence-corrected chi connectivity index (χ1v) is 8.86. The van der Waals surface area contributed by atoms with E-state index in [0.717, 1.165) is 16.6 Å². The van der Waals surface area contributed by atoms with Crippen molar-refractivity contribution in [2.24, 2.45) is 0 Å². The number of ether oxygens (including phenoxy) is 1. The van der Waals surface area contributed by atoms with Crippen LogP contribution in [-0.4, -0.2) is 24.4 Å². The van der Waals surface area contributed by atoms with Crippen LogP contribution in [0.25, 0.3) is 0 Å². The summed E-state index contributed by atoms with van der Waals surface area (Å²) in [4.78, 5) is 25.7. The van der Waals surface area contributed by atoms with Crippen molar-refractivity contribution in [3.05, 3.63) is 68.2 Å². The van der Waals surface area contributed by atoms with Gasteiger partial charge in [0.05, 0.1) is 10.6 Å². The molecule has 0 saturated carbocycles. The third-order valence-electron chi connectivity index (χ3n) is 3.82. The Morgan fingerprint density at radius 2 is 2.11 bits per heavy atom. The van der Waals surface area contributed by atoms with Crippen LogP contribution in [0.1, 0.15) is 0 Å². The van der Waals surface area contributed by atoms with Gasteiger partial charge < -0.3 is 9.64 Å². The van der Waals surface area contributed by atoms with Crippen molar-refractivity contribution in [1.29, 1.82) is 5.26 Å². The van der Waals surface area contributed by atoms with E-state index >= 15 is 0 Å². The van der Waals surface area contributed by atoms with E-state index in [-0.39, 0.29) is 22.0 Å². The first-order valence-electron chi connectivity index (χ1n) is 7.67. The molecule has 0 radical (unpaired) electrons. The van der Waals surface area contributed by atoms with E-state index in [2.05, 4.69) is 0 Å². The third kappa shape index (κ3) is 3.74. The van der Waals surface area contributed by atoms with E-state index in [0.29, 0.717) is 5.03 Å². The molecule has 1 heterocycles. The van der Waals surface area contributed by atoms with Crippen molar-refractivity contribution in [2.45, 2.75) is 4.90 Å². The molecule has 27 heavy (non-hydrogen) atoms. The number of nitrogens with zero attached hydrogens (tertiary/aromatic N) is 3. The predicted molar refractivity (Wildman–Crippen MR) is 102 cm³/mol. The van der Waals surface area contributed by atoms with Crippen LogP contribution in [0.2, 0.25) is 5.02 Å². The van der Waals surface area contributed by atoms with E-state index in [9.17, 15) is 20.2 Å². The van der Waals surface area contributed by atoms with Crippen LogP contribution in [0.15, 0.2) is 58.0 Å². The number of anilines is 1. The summed E-state index contributed by atoms with van der Waals surface area (Å²) in [5.41, 5.74) is 0.490. The number of carbonyl (C=O) groups is 1. The van der Waals surface area contributed by atoms with Crippen LogP contribution in [0, 0.1) is 21.4 Å². The van der Waals surface area contributed by atoms with Gasteiger partial charge in [0, 0.05) is 23.0 Å². The fourth-order valence-corrected chi connectivity index (χ4v) is 3.85. The zero-order valence-corrected chi connectivity index (χ0v) is 15.6. The Labute approximate surface area is 163 Å². The molecular formula is C18H12ClN3O4S. The number of hydrogen-bond donors (Lipinski definition) is 0. The molecule has 0 N–H and O–H groups in total. The highest BCUT2D eigenvalue weighted by Crippen LogP contribution is 2.46. The normalized spacial score (nSPS) is 14.3. The van der Waals surface area contributed by atoms with Crippen LogP contribution in [0.3, 0.4) is 0 Å². The molecule has 0 saturated heterocycles. The standard InChI is InChI=1S/C18H12ClN3O4S/c1-21-13-4-2-3-5-17(13)27-18(21)12(9-20)15(23)10-26-16-7-6-11(19)8-14(16)22(24)25/h2-8H,10H2,1H3/b18-12+. The first kappa shape index (κ1) is 18.8. The smallest absolute Gasteiger partial charge is 0.312 e. The van der Waals surface area contributed by atoms with E-state index in [1.807, 2.05) is 30.3 Å². The highest BCUT2D eigenvalue weighted by atomic mass is 35.5. The van der Waals surface area contributed by atoms with Gasteiger partial charge in [-0.3, -0.25) is 14.9 Å². The van der Waals surface area contributed by atoms with Gasteiger partial charge in [0.2, 0.25) is 5.78 Å². The van der Waals surface area contributed by atoms with Crippen LogP contribution < -0.4 is 9.64 Å². The molecule has 3 rings (SSSR count). The molecule has 1 aliphatic rings. The molecule has 0 amide bonds. The lowest BCUT2D eigenvalue weighted by atomic mass is 10.2. The fourth-order valence-electron chi connectivity index (χ4n) is 2.52. The van der Waals surface area contributed by atoms with E-state index in [1.165, 1.54) is 23.9 Å². The Bertz CT molecular complexity index is 1020. The lowest BCUT2D eigenvalue weighted by Crippen LogP contribution is -2.19. The average molecular weight is 402 g/mol. The molecule has 0 bridgehead atoms. The number of ketones is 1. The summed E-state index contributed by atoms with van der Waals surface area (Å²) in [6.45, 7) is -0.500. The minimum atomic E-state index is -0.646. The molecule has 0 aliphatic carbocycles. The van der Waals surface area contributed by atoms with Crippen molar-refractivity contribution >= 4 is 40.5 Å². The van der Waals surface area contributed by atoms with Gasteiger partial charge in [0.15, 0.2) is 12.4 Å².